The van der Waals surface area contributed by atoms with Crippen LogP contribution < -0.4 is 16.4 Å². The van der Waals surface area contributed by atoms with Gasteiger partial charge < -0.3 is 16.4 Å². The van der Waals surface area contributed by atoms with Gasteiger partial charge in [0.15, 0.2) is 0 Å². The third-order valence-corrected chi connectivity index (χ3v) is 3.06. The van der Waals surface area contributed by atoms with Crippen LogP contribution in [0.2, 0.25) is 0 Å². The van der Waals surface area contributed by atoms with E-state index in [0.29, 0.717) is 11.4 Å². The molecule has 0 saturated heterocycles. The minimum atomic E-state index is -0.416. The lowest BCUT2D eigenvalue weighted by molar-refractivity contribution is -0.125. The number of anilines is 2. The predicted octanol–water partition coefficient (Wildman–Crippen LogP) is 1.05. The third kappa shape index (κ3) is 5.83. The van der Waals surface area contributed by atoms with Gasteiger partial charge in [0.05, 0.1) is 12.6 Å². The maximum Gasteiger partial charge on any atom is 0.241 e. The number of benzene rings is 1. The molecule has 1 aromatic carbocycles. The average Bonchev–Trinajstić information content (AvgIpc) is 2.39. The molecule has 0 aliphatic rings. The van der Waals surface area contributed by atoms with Crippen LogP contribution in [0.15, 0.2) is 24.3 Å². The van der Waals surface area contributed by atoms with E-state index in [4.69, 9.17) is 5.73 Å². The molecule has 1 unspecified atom stereocenters. The van der Waals surface area contributed by atoms with Crippen LogP contribution in [0.5, 0.6) is 0 Å². The SMILES string of the molecule is CC(C)NC(=O)CN(C)C(C)C(=O)Nc1ccc(N)cc1. The monoisotopic (exact) mass is 292 g/mol. The zero-order valence-corrected chi connectivity index (χ0v) is 13.0. The third-order valence-electron chi connectivity index (χ3n) is 3.06. The molecule has 1 aromatic rings. The molecule has 6 nitrogen and oxygen atoms in total. The number of nitrogens with two attached hydrogens (primary N) is 1. The van der Waals surface area contributed by atoms with Crippen LogP contribution in [-0.2, 0) is 9.59 Å². The topological polar surface area (TPSA) is 87.5 Å². The molecule has 0 fully saturated rings. The Bertz CT molecular complexity index is 485. The van der Waals surface area contributed by atoms with Crippen molar-refractivity contribution in [3.05, 3.63) is 24.3 Å². The molecule has 0 spiro atoms. The van der Waals surface area contributed by atoms with Crippen molar-refractivity contribution in [2.75, 3.05) is 24.6 Å². The highest BCUT2D eigenvalue weighted by Crippen LogP contribution is 2.11. The number of carbonyl (C=O) groups excluding carboxylic acids is 2. The Balaban J connectivity index is 2.53. The van der Waals surface area contributed by atoms with E-state index in [1.165, 1.54) is 0 Å². The lowest BCUT2D eigenvalue weighted by Gasteiger charge is -2.23. The van der Waals surface area contributed by atoms with Crippen LogP contribution in [0.1, 0.15) is 20.8 Å². The first kappa shape index (κ1) is 17.0. The van der Waals surface area contributed by atoms with Gasteiger partial charge in [-0.05, 0) is 52.1 Å². The molecule has 2 amide bonds. The molecule has 116 valence electrons. The minimum Gasteiger partial charge on any atom is -0.399 e. The predicted molar refractivity (Wildman–Crippen MR) is 84.9 cm³/mol. The highest BCUT2D eigenvalue weighted by Gasteiger charge is 2.20. The summed E-state index contributed by atoms with van der Waals surface area (Å²) in [7, 11) is 1.74. The molecule has 0 aliphatic heterocycles. The Hall–Kier alpha value is -2.08. The highest BCUT2D eigenvalue weighted by molar-refractivity contribution is 5.95. The average molecular weight is 292 g/mol. The molecule has 0 heterocycles. The van der Waals surface area contributed by atoms with Crippen molar-refractivity contribution in [3.63, 3.8) is 0 Å². The summed E-state index contributed by atoms with van der Waals surface area (Å²) < 4.78 is 0. The molecule has 0 bridgehead atoms. The van der Waals surface area contributed by atoms with Gasteiger partial charge in [-0.1, -0.05) is 0 Å². The molecule has 0 aliphatic carbocycles. The summed E-state index contributed by atoms with van der Waals surface area (Å²) >= 11 is 0. The second-order valence-corrected chi connectivity index (χ2v) is 5.42. The number of likely N-dealkylation sites (N-methyl/N-ethyl adjacent to an activating group) is 1. The standard InChI is InChI=1S/C15H24N4O2/c1-10(2)17-14(20)9-19(4)11(3)15(21)18-13-7-5-12(16)6-8-13/h5-8,10-11H,9,16H2,1-4H3,(H,17,20)(H,18,21). The Morgan fingerprint density at radius 1 is 1.19 bits per heavy atom. The molecular weight excluding hydrogens is 268 g/mol. The van der Waals surface area contributed by atoms with Crippen molar-refractivity contribution >= 4 is 23.2 Å². The maximum absolute atomic E-state index is 12.1. The van der Waals surface area contributed by atoms with Crippen molar-refractivity contribution in [2.45, 2.75) is 32.9 Å². The van der Waals surface area contributed by atoms with E-state index < -0.39 is 6.04 Å². The second-order valence-electron chi connectivity index (χ2n) is 5.42. The van der Waals surface area contributed by atoms with Crippen LogP contribution in [0.25, 0.3) is 0 Å². The van der Waals surface area contributed by atoms with Gasteiger partial charge in [-0.15, -0.1) is 0 Å². The van der Waals surface area contributed by atoms with Crippen molar-refractivity contribution in [1.29, 1.82) is 0 Å². The first-order valence-corrected chi connectivity index (χ1v) is 6.95. The van der Waals surface area contributed by atoms with Crippen LogP contribution in [0, 0.1) is 0 Å². The maximum atomic E-state index is 12.1. The number of nitrogen functional groups attached to an aromatic ring is 1. The van der Waals surface area contributed by atoms with Crippen LogP contribution in [-0.4, -0.2) is 42.4 Å². The summed E-state index contributed by atoms with van der Waals surface area (Å²) in [5, 5.41) is 5.59. The van der Waals surface area contributed by atoms with Crippen molar-refractivity contribution in [2.24, 2.45) is 0 Å². The summed E-state index contributed by atoms with van der Waals surface area (Å²) in [6.45, 7) is 5.73. The van der Waals surface area contributed by atoms with E-state index in [1.807, 2.05) is 13.8 Å². The number of nitrogens with zero attached hydrogens (tertiary/aromatic N) is 1. The minimum absolute atomic E-state index is 0.0878. The lowest BCUT2D eigenvalue weighted by Crippen LogP contribution is -2.45. The van der Waals surface area contributed by atoms with Crippen LogP contribution >= 0.6 is 0 Å². The first-order chi connectivity index (χ1) is 9.79. The molecule has 6 heteroatoms. The van der Waals surface area contributed by atoms with Gasteiger partial charge in [0.2, 0.25) is 11.8 Å². The smallest absolute Gasteiger partial charge is 0.241 e. The number of carbonyl (C=O) groups is 2. The molecule has 0 aromatic heterocycles. The molecule has 0 radical (unpaired) electrons. The Kier molecular flexibility index (Phi) is 6.17. The van der Waals surface area contributed by atoms with Crippen LogP contribution in [0.4, 0.5) is 11.4 Å². The van der Waals surface area contributed by atoms with Gasteiger partial charge >= 0.3 is 0 Å². The number of nitrogens with one attached hydrogen (secondary N) is 2. The zero-order chi connectivity index (χ0) is 16.0. The van der Waals surface area contributed by atoms with E-state index >= 15 is 0 Å². The molecule has 0 saturated carbocycles. The van der Waals surface area contributed by atoms with E-state index in [2.05, 4.69) is 10.6 Å². The van der Waals surface area contributed by atoms with Gasteiger partial charge in [0.1, 0.15) is 0 Å². The van der Waals surface area contributed by atoms with Crippen LogP contribution in [0.3, 0.4) is 0 Å². The normalized spacial score (nSPS) is 12.3. The molecule has 4 N–H and O–H groups in total. The van der Waals surface area contributed by atoms with Crippen molar-refractivity contribution < 1.29 is 9.59 Å². The number of hydrogen-bond acceptors (Lipinski definition) is 4. The van der Waals surface area contributed by atoms with Gasteiger partial charge in [-0.25, -0.2) is 0 Å². The fourth-order valence-electron chi connectivity index (χ4n) is 1.74. The van der Waals surface area contributed by atoms with E-state index in [0.717, 1.165) is 0 Å². The Morgan fingerprint density at radius 2 is 1.76 bits per heavy atom. The van der Waals surface area contributed by atoms with Gasteiger partial charge in [-0.2, -0.15) is 0 Å². The molecule has 1 rings (SSSR count). The molecular formula is C15H24N4O2. The fraction of sp³-hybridized carbons (Fsp3) is 0.467. The van der Waals surface area contributed by atoms with E-state index in [9.17, 15) is 9.59 Å². The van der Waals surface area contributed by atoms with E-state index in [-0.39, 0.29) is 24.4 Å². The summed E-state index contributed by atoms with van der Waals surface area (Å²) in [4.78, 5) is 25.5. The number of hydrogen-bond donors (Lipinski definition) is 3. The Labute approximate surface area is 125 Å². The van der Waals surface area contributed by atoms with E-state index in [1.54, 1.807) is 43.1 Å². The summed E-state index contributed by atoms with van der Waals surface area (Å²) in [6.07, 6.45) is 0. The Morgan fingerprint density at radius 3 is 2.29 bits per heavy atom. The van der Waals surface area contributed by atoms with Gasteiger partial charge in [-0.3, -0.25) is 14.5 Å². The molecule has 1 atom stereocenters. The largest absolute Gasteiger partial charge is 0.399 e. The van der Waals surface area contributed by atoms with Crippen molar-refractivity contribution in [3.8, 4) is 0 Å². The van der Waals surface area contributed by atoms with Crippen molar-refractivity contribution in [1.82, 2.24) is 10.2 Å². The number of rotatable bonds is 6. The summed E-state index contributed by atoms with van der Waals surface area (Å²) in [5.74, 6) is -0.265. The summed E-state index contributed by atoms with van der Waals surface area (Å²) in [5.41, 5.74) is 6.92. The molecule has 21 heavy (non-hydrogen) atoms. The first-order valence-electron chi connectivity index (χ1n) is 6.95. The zero-order valence-electron chi connectivity index (χ0n) is 13.0. The number of amides is 2. The highest BCUT2D eigenvalue weighted by atomic mass is 16.2. The van der Waals surface area contributed by atoms with Gasteiger partial charge in [0, 0.05) is 17.4 Å². The lowest BCUT2D eigenvalue weighted by atomic mass is 10.2. The second kappa shape index (κ2) is 7.64. The fourth-order valence-corrected chi connectivity index (χ4v) is 1.74. The quantitative estimate of drug-likeness (QED) is 0.684. The van der Waals surface area contributed by atoms with Gasteiger partial charge in [0.25, 0.3) is 0 Å². The summed E-state index contributed by atoms with van der Waals surface area (Å²) in [6, 6.07) is 6.60.